The van der Waals surface area contributed by atoms with Crippen molar-refractivity contribution in [2.75, 3.05) is 36.4 Å². The van der Waals surface area contributed by atoms with Crippen molar-refractivity contribution >= 4 is 35.0 Å². The molecule has 7 nitrogen and oxygen atoms in total. The van der Waals surface area contributed by atoms with Gasteiger partial charge in [0.2, 0.25) is 0 Å². The predicted molar refractivity (Wildman–Crippen MR) is 148 cm³/mol. The predicted octanol–water partition coefficient (Wildman–Crippen LogP) is 6.37. The summed E-state index contributed by atoms with van der Waals surface area (Å²) < 4.78 is 5.42. The van der Waals surface area contributed by atoms with E-state index < -0.39 is 17.7 Å². The number of carbonyl (C=O) groups excluding carboxylic acids is 1. The first kappa shape index (κ1) is 26.5. The molecule has 0 unspecified atom stereocenters. The second-order valence-electron chi connectivity index (χ2n) is 10.1. The molecule has 37 heavy (non-hydrogen) atoms. The van der Waals surface area contributed by atoms with Gasteiger partial charge in [0.05, 0.1) is 5.56 Å². The van der Waals surface area contributed by atoms with Crippen molar-refractivity contribution in [2.24, 2.45) is 0 Å². The minimum atomic E-state index is -0.920. The third-order valence-electron chi connectivity index (χ3n) is 6.15. The van der Waals surface area contributed by atoms with E-state index in [4.69, 9.17) is 21.4 Å². The summed E-state index contributed by atoms with van der Waals surface area (Å²) in [5.74, 6) is -0.920. The number of aromatic carboxylic acids is 1. The van der Waals surface area contributed by atoms with Crippen LogP contribution in [0.5, 0.6) is 0 Å². The van der Waals surface area contributed by atoms with E-state index in [1.807, 2.05) is 75.4 Å². The van der Waals surface area contributed by atoms with Gasteiger partial charge in [-0.15, -0.1) is 0 Å². The van der Waals surface area contributed by atoms with Crippen LogP contribution in [0, 0.1) is 0 Å². The molecule has 4 rings (SSSR count). The van der Waals surface area contributed by atoms with E-state index >= 15 is 0 Å². The second kappa shape index (κ2) is 11.2. The average Bonchev–Trinajstić information content (AvgIpc) is 2.84. The van der Waals surface area contributed by atoms with Crippen LogP contribution in [-0.2, 0) is 11.3 Å². The molecule has 0 aromatic heterocycles. The summed E-state index contributed by atoms with van der Waals surface area (Å²) >= 11 is 6.11. The SMILES string of the molecule is CC(C)(C)OC(=O)Nc1ccc(-c2ccc(Cl)cc2)c(CN2CCN(c3ccc(C(=O)O)cc3)CC2)c1. The van der Waals surface area contributed by atoms with Gasteiger partial charge in [-0.05, 0) is 86.0 Å². The van der Waals surface area contributed by atoms with Gasteiger partial charge >= 0.3 is 12.1 Å². The Morgan fingerprint density at radius 2 is 1.59 bits per heavy atom. The highest BCUT2D eigenvalue weighted by molar-refractivity contribution is 6.30. The Balaban J connectivity index is 1.49. The van der Waals surface area contributed by atoms with Crippen LogP contribution in [0.3, 0.4) is 0 Å². The molecule has 1 aliphatic heterocycles. The van der Waals surface area contributed by atoms with E-state index in [-0.39, 0.29) is 5.56 Å². The Morgan fingerprint density at radius 3 is 2.19 bits per heavy atom. The van der Waals surface area contributed by atoms with Gasteiger partial charge in [-0.25, -0.2) is 9.59 Å². The van der Waals surface area contributed by atoms with Crippen molar-refractivity contribution in [2.45, 2.75) is 32.9 Å². The number of carbonyl (C=O) groups is 2. The number of carboxylic acid groups (broad SMARTS) is 1. The van der Waals surface area contributed by atoms with Gasteiger partial charge in [-0.2, -0.15) is 0 Å². The molecule has 8 heteroatoms. The summed E-state index contributed by atoms with van der Waals surface area (Å²) in [4.78, 5) is 28.1. The fourth-order valence-corrected chi connectivity index (χ4v) is 4.48. The molecular weight excluding hydrogens is 490 g/mol. The standard InChI is InChI=1S/C29H32ClN3O4/c1-29(2,3)37-28(36)31-24-10-13-26(20-4-8-23(30)9-5-20)22(18-24)19-32-14-16-33(17-15-32)25-11-6-21(7-12-25)27(34)35/h4-13,18H,14-17,19H2,1-3H3,(H,31,36)(H,34,35). The van der Waals surface area contributed by atoms with Gasteiger partial charge in [-0.1, -0.05) is 29.8 Å². The summed E-state index contributed by atoms with van der Waals surface area (Å²) in [6.45, 7) is 9.59. The smallest absolute Gasteiger partial charge is 0.412 e. The maximum Gasteiger partial charge on any atom is 0.412 e. The topological polar surface area (TPSA) is 82.1 Å². The van der Waals surface area contributed by atoms with Crippen LogP contribution in [0.4, 0.5) is 16.2 Å². The fourth-order valence-electron chi connectivity index (χ4n) is 4.35. The van der Waals surface area contributed by atoms with Crippen molar-refractivity contribution in [3.8, 4) is 11.1 Å². The van der Waals surface area contributed by atoms with E-state index in [1.54, 1.807) is 12.1 Å². The first-order valence-electron chi connectivity index (χ1n) is 12.3. The van der Waals surface area contributed by atoms with Crippen LogP contribution in [-0.4, -0.2) is 53.8 Å². The lowest BCUT2D eigenvalue weighted by Gasteiger charge is -2.36. The van der Waals surface area contributed by atoms with Gasteiger partial charge in [0.25, 0.3) is 0 Å². The van der Waals surface area contributed by atoms with Crippen LogP contribution >= 0.6 is 11.6 Å². The number of amides is 1. The third kappa shape index (κ3) is 7.24. The van der Waals surface area contributed by atoms with Crippen molar-refractivity contribution < 1.29 is 19.4 Å². The zero-order valence-electron chi connectivity index (χ0n) is 21.3. The monoisotopic (exact) mass is 521 g/mol. The third-order valence-corrected chi connectivity index (χ3v) is 6.40. The van der Waals surface area contributed by atoms with Crippen molar-refractivity contribution in [1.82, 2.24) is 4.90 Å². The molecule has 1 aliphatic rings. The van der Waals surface area contributed by atoms with E-state index in [0.717, 1.165) is 48.6 Å². The van der Waals surface area contributed by atoms with Crippen molar-refractivity contribution in [3.63, 3.8) is 0 Å². The van der Waals surface area contributed by atoms with E-state index in [1.165, 1.54) is 0 Å². The zero-order valence-corrected chi connectivity index (χ0v) is 22.1. The fraction of sp³-hybridized carbons (Fsp3) is 0.310. The normalized spacial score (nSPS) is 14.3. The number of nitrogens with zero attached hydrogens (tertiary/aromatic N) is 2. The highest BCUT2D eigenvalue weighted by Crippen LogP contribution is 2.30. The van der Waals surface area contributed by atoms with Crippen molar-refractivity contribution in [3.05, 3.63) is 82.9 Å². The molecule has 0 radical (unpaired) electrons. The molecule has 0 spiro atoms. The second-order valence-corrected chi connectivity index (χ2v) is 10.6. The highest BCUT2D eigenvalue weighted by Gasteiger charge is 2.20. The number of nitrogens with one attached hydrogen (secondary N) is 1. The van der Waals surface area contributed by atoms with Gasteiger partial charge in [0.15, 0.2) is 0 Å². The highest BCUT2D eigenvalue weighted by atomic mass is 35.5. The maximum absolute atomic E-state index is 12.4. The van der Waals surface area contributed by atoms with Crippen molar-refractivity contribution in [1.29, 1.82) is 0 Å². The molecule has 3 aromatic carbocycles. The lowest BCUT2D eigenvalue weighted by molar-refractivity contribution is 0.0634. The Bertz CT molecular complexity index is 1250. The van der Waals surface area contributed by atoms with Crippen LogP contribution in [0.1, 0.15) is 36.7 Å². The van der Waals surface area contributed by atoms with E-state index in [2.05, 4.69) is 15.1 Å². The summed E-state index contributed by atoms with van der Waals surface area (Å²) in [6.07, 6.45) is -0.486. The van der Waals surface area contributed by atoms with Gasteiger partial charge in [0, 0.05) is 49.1 Å². The lowest BCUT2D eigenvalue weighted by Crippen LogP contribution is -2.46. The number of benzene rings is 3. The maximum atomic E-state index is 12.4. The molecule has 1 fully saturated rings. The molecule has 1 amide bonds. The van der Waals surface area contributed by atoms with Crippen LogP contribution in [0.2, 0.25) is 5.02 Å². The summed E-state index contributed by atoms with van der Waals surface area (Å²) in [6, 6.07) is 20.7. The molecule has 0 bridgehead atoms. The molecule has 0 atom stereocenters. The summed E-state index contributed by atoms with van der Waals surface area (Å²) in [5, 5.41) is 12.7. The average molecular weight is 522 g/mol. The number of ether oxygens (including phenoxy) is 1. The number of carboxylic acids is 1. The Kier molecular flexibility index (Phi) is 8.05. The number of hydrogen-bond acceptors (Lipinski definition) is 5. The number of hydrogen-bond donors (Lipinski definition) is 2. The van der Waals surface area contributed by atoms with Gasteiger partial charge in [-0.3, -0.25) is 10.2 Å². The first-order valence-corrected chi connectivity index (χ1v) is 12.6. The molecule has 0 saturated carbocycles. The molecule has 3 aromatic rings. The molecular formula is C29H32ClN3O4. The van der Waals surface area contributed by atoms with E-state index in [9.17, 15) is 9.59 Å². The minimum absolute atomic E-state index is 0.289. The quantitative estimate of drug-likeness (QED) is 0.392. The minimum Gasteiger partial charge on any atom is -0.478 e. The molecule has 1 saturated heterocycles. The largest absolute Gasteiger partial charge is 0.478 e. The lowest BCUT2D eigenvalue weighted by atomic mass is 9.98. The Labute approximate surface area is 222 Å². The molecule has 194 valence electrons. The zero-order chi connectivity index (χ0) is 26.6. The Hall–Kier alpha value is -3.55. The first-order chi connectivity index (χ1) is 17.6. The molecule has 0 aliphatic carbocycles. The summed E-state index contributed by atoms with van der Waals surface area (Å²) in [5.41, 5.74) is 4.64. The number of rotatable bonds is 6. The van der Waals surface area contributed by atoms with Crippen LogP contribution in [0.15, 0.2) is 66.7 Å². The number of piperazine rings is 1. The Morgan fingerprint density at radius 1 is 0.946 bits per heavy atom. The number of anilines is 2. The van der Waals surface area contributed by atoms with Crippen LogP contribution in [0.25, 0.3) is 11.1 Å². The number of halogens is 1. The molecule has 2 N–H and O–H groups in total. The molecule has 1 heterocycles. The van der Waals surface area contributed by atoms with Crippen LogP contribution < -0.4 is 10.2 Å². The van der Waals surface area contributed by atoms with Gasteiger partial charge in [0.1, 0.15) is 5.60 Å². The van der Waals surface area contributed by atoms with Gasteiger partial charge < -0.3 is 14.7 Å². The summed E-state index contributed by atoms with van der Waals surface area (Å²) in [7, 11) is 0. The van der Waals surface area contributed by atoms with E-state index in [0.29, 0.717) is 17.3 Å².